The molecule has 3 heteroatoms. The molecule has 0 amide bonds. The molecule has 0 aliphatic carbocycles. The Labute approximate surface area is 96.0 Å². The van der Waals surface area contributed by atoms with Crippen LogP contribution in [-0.2, 0) is 0 Å². The predicted octanol–water partition coefficient (Wildman–Crippen LogP) is 3.30. The van der Waals surface area contributed by atoms with Gasteiger partial charge in [-0.1, -0.05) is 17.7 Å². The van der Waals surface area contributed by atoms with E-state index >= 15 is 0 Å². The summed E-state index contributed by atoms with van der Waals surface area (Å²) in [5, 5.41) is 0.767. The molecule has 2 N–H and O–H groups in total. The molecule has 1 aliphatic rings. The Balaban J connectivity index is 2.35. The first-order chi connectivity index (χ1) is 7.20. The summed E-state index contributed by atoms with van der Waals surface area (Å²) in [4.78, 5) is 2.33. The minimum atomic E-state index is 0.543. The molecule has 1 aromatic rings. The minimum absolute atomic E-state index is 0.543. The van der Waals surface area contributed by atoms with Crippen LogP contribution in [-0.4, -0.2) is 12.6 Å². The molecule has 1 fully saturated rings. The molecule has 82 valence electrons. The largest absolute Gasteiger partial charge is 0.397 e. The van der Waals surface area contributed by atoms with Crippen molar-refractivity contribution in [3.8, 4) is 0 Å². The van der Waals surface area contributed by atoms with E-state index in [9.17, 15) is 0 Å². The molecule has 0 spiro atoms. The molecular weight excluding hydrogens is 208 g/mol. The molecule has 1 heterocycles. The van der Waals surface area contributed by atoms with Crippen LogP contribution in [0.3, 0.4) is 0 Å². The van der Waals surface area contributed by atoms with Gasteiger partial charge in [-0.15, -0.1) is 0 Å². The van der Waals surface area contributed by atoms with Gasteiger partial charge in [0, 0.05) is 12.6 Å². The third-order valence-electron chi connectivity index (χ3n) is 3.11. The summed E-state index contributed by atoms with van der Waals surface area (Å²) in [5.41, 5.74) is 7.80. The van der Waals surface area contributed by atoms with E-state index in [1.54, 1.807) is 0 Å². The zero-order chi connectivity index (χ0) is 10.8. The van der Waals surface area contributed by atoms with Crippen LogP contribution in [0.4, 0.5) is 11.4 Å². The van der Waals surface area contributed by atoms with Gasteiger partial charge in [-0.2, -0.15) is 0 Å². The second-order valence-electron chi connectivity index (χ2n) is 4.22. The Kier molecular flexibility index (Phi) is 3.06. The zero-order valence-corrected chi connectivity index (χ0v) is 9.80. The lowest BCUT2D eigenvalue weighted by molar-refractivity contribution is 0.485. The summed E-state index contributed by atoms with van der Waals surface area (Å²) in [5.74, 6) is 0. The van der Waals surface area contributed by atoms with Crippen molar-refractivity contribution >= 4 is 23.0 Å². The fourth-order valence-electron chi connectivity index (χ4n) is 2.27. The molecule has 1 aliphatic heterocycles. The molecule has 0 bridgehead atoms. The van der Waals surface area contributed by atoms with Crippen molar-refractivity contribution in [3.05, 3.63) is 23.2 Å². The second-order valence-corrected chi connectivity index (χ2v) is 4.62. The van der Waals surface area contributed by atoms with E-state index in [-0.39, 0.29) is 0 Å². The predicted molar refractivity (Wildman–Crippen MR) is 66.5 cm³/mol. The van der Waals surface area contributed by atoms with Crippen molar-refractivity contribution in [1.29, 1.82) is 0 Å². The number of nitrogens with two attached hydrogens (primary N) is 1. The van der Waals surface area contributed by atoms with Gasteiger partial charge in [-0.05, 0) is 38.3 Å². The smallest absolute Gasteiger partial charge is 0.0791 e. The normalized spacial score (nSPS) is 21.7. The van der Waals surface area contributed by atoms with Crippen molar-refractivity contribution in [2.24, 2.45) is 0 Å². The van der Waals surface area contributed by atoms with E-state index in [0.29, 0.717) is 6.04 Å². The summed E-state index contributed by atoms with van der Waals surface area (Å²) >= 11 is 6.21. The lowest BCUT2D eigenvalue weighted by Gasteiger charge is -2.36. The maximum absolute atomic E-state index is 6.21. The molecular formula is C12H17ClN2. The number of hydrogen-bond acceptors (Lipinski definition) is 2. The van der Waals surface area contributed by atoms with Crippen LogP contribution in [0.1, 0.15) is 26.2 Å². The highest BCUT2D eigenvalue weighted by atomic mass is 35.5. The zero-order valence-electron chi connectivity index (χ0n) is 9.04. The number of para-hydroxylation sites is 1. The Bertz CT molecular complexity index is 331. The van der Waals surface area contributed by atoms with Crippen molar-refractivity contribution < 1.29 is 0 Å². The number of benzene rings is 1. The van der Waals surface area contributed by atoms with E-state index in [4.69, 9.17) is 17.3 Å². The number of anilines is 2. The van der Waals surface area contributed by atoms with E-state index in [0.717, 1.165) is 22.9 Å². The van der Waals surface area contributed by atoms with E-state index in [1.807, 2.05) is 18.2 Å². The molecule has 0 radical (unpaired) electrons. The van der Waals surface area contributed by atoms with Gasteiger partial charge in [0.05, 0.1) is 16.4 Å². The number of nitrogens with zero attached hydrogens (tertiary/aromatic N) is 1. The summed E-state index contributed by atoms with van der Waals surface area (Å²) in [6.07, 6.45) is 3.77. The van der Waals surface area contributed by atoms with Gasteiger partial charge in [0.15, 0.2) is 0 Å². The fourth-order valence-corrected chi connectivity index (χ4v) is 2.56. The first kappa shape index (κ1) is 10.6. The van der Waals surface area contributed by atoms with Crippen LogP contribution in [0.25, 0.3) is 0 Å². The highest BCUT2D eigenvalue weighted by Gasteiger charge is 2.21. The standard InChI is InChI=1S/C12H17ClN2/c1-9-5-2-3-8-15(9)12-10(13)6-4-7-11(12)14/h4,6-7,9H,2-3,5,8,14H2,1H3. The molecule has 0 aromatic heterocycles. The minimum Gasteiger partial charge on any atom is -0.397 e. The number of rotatable bonds is 1. The average molecular weight is 225 g/mol. The van der Waals surface area contributed by atoms with Gasteiger partial charge in [-0.3, -0.25) is 0 Å². The van der Waals surface area contributed by atoms with E-state index in [2.05, 4.69) is 11.8 Å². The maximum Gasteiger partial charge on any atom is 0.0791 e. The van der Waals surface area contributed by atoms with Gasteiger partial charge in [0.25, 0.3) is 0 Å². The highest BCUT2D eigenvalue weighted by Crippen LogP contribution is 2.35. The summed E-state index contributed by atoms with van der Waals surface area (Å²) in [6, 6.07) is 6.27. The molecule has 0 saturated carbocycles. The molecule has 1 aromatic carbocycles. The molecule has 1 saturated heterocycles. The number of halogens is 1. The number of piperidine rings is 1. The molecule has 15 heavy (non-hydrogen) atoms. The third-order valence-corrected chi connectivity index (χ3v) is 3.41. The first-order valence-corrected chi connectivity index (χ1v) is 5.88. The van der Waals surface area contributed by atoms with Crippen LogP contribution in [0.5, 0.6) is 0 Å². The summed E-state index contributed by atoms with van der Waals surface area (Å²) in [6.45, 7) is 3.30. The van der Waals surface area contributed by atoms with Gasteiger partial charge >= 0.3 is 0 Å². The second kappa shape index (κ2) is 4.31. The number of nitrogen functional groups attached to an aromatic ring is 1. The Morgan fingerprint density at radius 3 is 2.87 bits per heavy atom. The van der Waals surface area contributed by atoms with E-state index in [1.165, 1.54) is 19.3 Å². The quantitative estimate of drug-likeness (QED) is 0.742. The maximum atomic E-state index is 6.21. The molecule has 2 nitrogen and oxygen atoms in total. The van der Waals surface area contributed by atoms with Crippen LogP contribution in [0.2, 0.25) is 5.02 Å². The molecule has 2 rings (SSSR count). The van der Waals surface area contributed by atoms with Crippen molar-refractivity contribution in [3.63, 3.8) is 0 Å². The van der Waals surface area contributed by atoms with Crippen molar-refractivity contribution in [2.45, 2.75) is 32.2 Å². The first-order valence-electron chi connectivity index (χ1n) is 5.51. The van der Waals surface area contributed by atoms with Gasteiger partial charge in [0.2, 0.25) is 0 Å². The van der Waals surface area contributed by atoms with Crippen LogP contribution in [0.15, 0.2) is 18.2 Å². The van der Waals surface area contributed by atoms with Crippen LogP contribution in [0, 0.1) is 0 Å². The van der Waals surface area contributed by atoms with Crippen molar-refractivity contribution in [2.75, 3.05) is 17.2 Å². The van der Waals surface area contributed by atoms with Gasteiger partial charge in [0.1, 0.15) is 0 Å². The summed E-state index contributed by atoms with van der Waals surface area (Å²) in [7, 11) is 0. The molecule has 1 unspecified atom stereocenters. The van der Waals surface area contributed by atoms with Gasteiger partial charge in [-0.25, -0.2) is 0 Å². The highest BCUT2D eigenvalue weighted by molar-refractivity contribution is 6.34. The number of hydrogen-bond donors (Lipinski definition) is 1. The molecule has 1 atom stereocenters. The SMILES string of the molecule is CC1CCCCN1c1c(N)cccc1Cl. The third kappa shape index (κ3) is 2.05. The Hall–Kier alpha value is -0.890. The lowest BCUT2D eigenvalue weighted by Crippen LogP contribution is -2.38. The Morgan fingerprint density at radius 2 is 2.20 bits per heavy atom. The van der Waals surface area contributed by atoms with Gasteiger partial charge < -0.3 is 10.6 Å². The van der Waals surface area contributed by atoms with Crippen LogP contribution >= 0.6 is 11.6 Å². The topological polar surface area (TPSA) is 29.3 Å². The Morgan fingerprint density at radius 1 is 1.40 bits per heavy atom. The van der Waals surface area contributed by atoms with Crippen molar-refractivity contribution in [1.82, 2.24) is 0 Å². The van der Waals surface area contributed by atoms with E-state index < -0.39 is 0 Å². The summed E-state index contributed by atoms with van der Waals surface area (Å²) < 4.78 is 0. The van der Waals surface area contributed by atoms with Crippen LogP contribution < -0.4 is 10.6 Å². The monoisotopic (exact) mass is 224 g/mol. The fraction of sp³-hybridized carbons (Fsp3) is 0.500. The average Bonchev–Trinajstić information content (AvgIpc) is 2.20. The lowest BCUT2D eigenvalue weighted by atomic mass is 10.0.